The van der Waals surface area contributed by atoms with Gasteiger partial charge in [0, 0.05) is 12.0 Å². The molecule has 2 rings (SSSR count). The Morgan fingerprint density at radius 3 is 2.70 bits per heavy atom. The van der Waals surface area contributed by atoms with E-state index < -0.39 is 0 Å². The van der Waals surface area contributed by atoms with Gasteiger partial charge in [0.05, 0.1) is 23.4 Å². The lowest BCUT2D eigenvalue weighted by molar-refractivity contribution is 0.102. The second-order valence-electron chi connectivity index (χ2n) is 4.99. The molecule has 0 bridgehead atoms. The van der Waals surface area contributed by atoms with E-state index in [9.17, 15) is 4.79 Å². The quantitative estimate of drug-likeness (QED) is 0.767. The number of benzene rings is 1. The number of carbonyl (C=O) groups excluding carboxylic acids is 1. The summed E-state index contributed by atoms with van der Waals surface area (Å²) in [4.78, 5) is 12.4. The Labute approximate surface area is 144 Å². The first-order valence-electron chi connectivity index (χ1n) is 7.27. The van der Waals surface area contributed by atoms with Gasteiger partial charge in [-0.3, -0.25) is 10.1 Å². The minimum Gasteiger partial charge on any atom is -0.496 e. The van der Waals surface area contributed by atoms with Crippen LogP contribution >= 0.6 is 22.9 Å². The molecule has 23 heavy (non-hydrogen) atoms. The molecule has 0 spiro atoms. The van der Waals surface area contributed by atoms with Gasteiger partial charge < -0.3 is 10.5 Å². The van der Waals surface area contributed by atoms with E-state index in [1.165, 1.54) is 30.6 Å². The molecule has 0 saturated heterocycles. The van der Waals surface area contributed by atoms with Crippen LogP contribution in [-0.4, -0.2) is 23.2 Å². The fourth-order valence-corrected chi connectivity index (χ4v) is 3.34. The zero-order valence-corrected chi connectivity index (χ0v) is 14.8. The van der Waals surface area contributed by atoms with Crippen molar-refractivity contribution in [1.82, 2.24) is 10.2 Å². The summed E-state index contributed by atoms with van der Waals surface area (Å²) < 4.78 is 5.19. The molecule has 124 valence electrons. The first-order chi connectivity index (χ1) is 11.0. The van der Waals surface area contributed by atoms with Crippen molar-refractivity contribution in [2.45, 2.75) is 32.6 Å². The molecule has 0 aliphatic heterocycles. The number of hydrogen-bond acceptors (Lipinski definition) is 6. The highest BCUT2D eigenvalue weighted by Gasteiger charge is 2.18. The SMILES string of the molecule is CCC(CC)c1nnc(NC(=O)c2cc(Cl)c(N)cc2OC)s1. The Morgan fingerprint density at radius 1 is 1.39 bits per heavy atom. The first kappa shape index (κ1) is 17.5. The summed E-state index contributed by atoms with van der Waals surface area (Å²) in [7, 11) is 1.47. The van der Waals surface area contributed by atoms with Crippen molar-refractivity contribution in [2.75, 3.05) is 18.2 Å². The maximum Gasteiger partial charge on any atom is 0.261 e. The average molecular weight is 355 g/mol. The monoisotopic (exact) mass is 354 g/mol. The van der Waals surface area contributed by atoms with Gasteiger partial charge in [-0.25, -0.2) is 0 Å². The molecule has 6 nitrogen and oxygen atoms in total. The fourth-order valence-electron chi connectivity index (χ4n) is 2.17. The maximum atomic E-state index is 12.4. The van der Waals surface area contributed by atoms with Gasteiger partial charge in [0.15, 0.2) is 0 Å². The molecule has 0 saturated carbocycles. The number of hydrogen-bond donors (Lipinski definition) is 2. The van der Waals surface area contributed by atoms with E-state index in [2.05, 4.69) is 29.4 Å². The second-order valence-corrected chi connectivity index (χ2v) is 6.40. The lowest BCUT2D eigenvalue weighted by Gasteiger charge is -2.10. The van der Waals surface area contributed by atoms with E-state index >= 15 is 0 Å². The van der Waals surface area contributed by atoms with Crippen LogP contribution in [0.3, 0.4) is 0 Å². The van der Waals surface area contributed by atoms with Crippen molar-refractivity contribution in [3.05, 3.63) is 27.7 Å². The maximum absolute atomic E-state index is 12.4. The van der Waals surface area contributed by atoms with Crippen LogP contribution in [0.5, 0.6) is 5.75 Å². The van der Waals surface area contributed by atoms with Crippen molar-refractivity contribution in [3.63, 3.8) is 0 Å². The van der Waals surface area contributed by atoms with Crippen LogP contribution in [0.4, 0.5) is 10.8 Å². The Bertz CT molecular complexity index is 701. The predicted molar refractivity (Wildman–Crippen MR) is 93.6 cm³/mol. The molecule has 0 aliphatic carbocycles. The molecule has 1 aromatic carbocycles. The highest BCUT2D eigenvalue weighted by Crippen LogP contribution is 2.31. The number of anilines is 2. The number of methoxy groups -OCH3 is 1. The standard InChI is InChI=1S/C15H19ClN4O2S/c1-4-8(5-2)14-19-20-15(23-14)18-13(21)9-6-10(16)11(17)7-12(9)22-3/h6-8H,4-5,17H2,1-3H3,(H,18,20,21). The third-order valence-corrected chi connectivity index (χ3v) is 4.89. The van der Waals surface area contributed by atoms with Gasteiger partial charge in [-0.15, -0.1) is 10.2 Å². The molecule has 0 aliphatic rings. The minimum absolute atomic E-state index is 0.297. The van der Waals surface area contributed by atoms with E-state index in [0.717, 1.165) is 17.8 Å². The van der Waals surface area contributed by atoms with E-state index in [-0.39, 0.29) is 5.91 Å². The molecule has 0 radical (unpaired) electrons. The second kappa shape index (κ2) is 7.61. The molecule has 3 N–H and O–H groups in total. The molecule has 1 aromatic heterocycles. The van der Waals surface area contributed by atoms with Gasteiger partial charge in [-0.05, 0) is 18.9 Å². The molecule has 2 aromatic rings. The molecule has 1 amide bonds. The normalized spacial score (nSPS) is 10.8. The van der Waals surface area contributed by atoms with Crippen LogP contribution in [0, 0.1) is 0 Å². The number of aromatic nitrogens is 2. The van der Waals surface area contributed by atoms with Crippen LogP contribution in [0.25, 0.3) is 0 Å². The number of nitrogen functional groups attached to an aromatic ring is 1. The van der Waals surface area contributed by atoms with E-state index in [0.29, 0.717) is 33.1 Å². The summed E-state index contributed by atoms with van der Waals surface area (Å²) in [5.41, 5.74) is 6.37. The van der Waals surface area contributed by atoms with Gasteiger partial charge in [-0.2, -0.15) is 0 Å². The largest absolute Gasteiger partial charge is 0.496 e. The van der Waals surface area contributed by atoms with Gasteiger partial charge in [0.25, 0.3) is 5.91 Å². The van der Waals surface area contributed by atoms with Crippen molar-refractivity contribution < 1.29 is 9.53 Å². The summed E-state index contributed by atoms with van der Waals surface area (Å²) >= 11 is 7.37. The number of ether oxygens (including phenoxy) is 1. The molecule has 8 heteroatoms. The third-order valence-electron chi connectivity index (χ3n) is 3.56. The molecule has 1 heterocycles. The molecule has 0 unspecified atom stereocenters. The smallest absolute Gasteiger partial charge is 0.261 e. The number of halogens is 1. The summed E-state index contributed by atoms with van der Waals surface area (Å²) in [6, 6.07) is 3.00. The molecule has 0 fully saturated rings. The number of rotatable bonds is 6. The molecular formula is C15H19ClN4O2S. The minimum atomic E-state index is -0.365. The number of amides is 1. The van der Waals surface area contributed by atoms with Crippen molar-refractivity contribution in [1.29, 1.82) is 0 Å². The Kier molecular flexibility index (Phi) is 5.79. The highest BCUT2D eigenvalue weighted by molar-refractivity contribution is 7.15. The van der Waals surface area contributed by atoms with Gasteiger partial charge in [0.1, 0.15) is 10.8 Å². The Balaban J connectivity index is 2.21. The first-order valence-corrected chi connectivity index (χ1v) is 8.47. The Morgan fingerprint density at radius 2 is 2.09 bits per heavy atom. The van der Waals surface area contributed by atoms with Crippen LogP contribution in [0.15, 0.2) is 12.1 Å². The topological polar surface area (TPSA) is 90.1 Å². The van der Waals surface area contributed by atoms with Gasteiger partial charge >= 0.3 is 0 Å². The van der Waals surface area contributed by atoms with Crippen molar-refractivity contribution >= 4 is 39.7 Å². The highest BCUT2D eigenvalue weighted by atomic mass is 35.5. The summed E-state index contributed by atoms with van der Waals surface area (Å²) in [6.07, 6.45) is 1.97. The van der Waals surface area contributed by atoms with Gasteiger partial charge in [-0.1, -0.05) is 36.8 Å². The zero-order valence-electron chi connectivity index (χ0n) is 13.2. The zero-order chi connectivity index (χ0) is 17.0. The summed E-state index contributed by atoms with van der Waals surface area (Å²) in [6.45, 7) is 4.21. The van der Waals surface area contributed by atoms with E-state index in [4.69, 9.17) is 22.1 Å². The average Bonchev–Trinajstić information content (AvgIpc) is 2.99. The van der Waals surface area contributed by atoms with Crippen molar-refractivity contribution in [3.8, 4) is 5.75 Å². The van der Waals surface area contributed by atoms with E-state index in [1.807, 2.05) is 0 Å². The number of carbonyl (C=O) groups is 1. The lowest BCUT2D eigenvalue weighted by atomic mass is 10.1. The van der Waals surface area contributed by atoms with Crippen LogP contribution in [0.1, 0.15) is 48.0 Å². The van der Waals surface area contributed by atoms with Crippen LogP contribution in [-0.2, 0) is 0 Å². The van der Waals surface area contributed by atoms with E-state index in [1.54, 1.807) is 0 Å². The van der Waals surface area contributed by atoms with Crippen LogP contribution in [0.2, 0.25) is 5.02 Å². The summed E-state index contributed by atoms with van der Waals surface area (Å²) in [5.74, 6) is 0.351. The fraction of sp³-hybridized carbons (Fsp3) is 0.400. The number of nitrogens with one attached hydrogen (secondary N) is 1. The number of nitrogens with zero attached hydrogens (tertiary/aromatic N) is 2. The van der Waals surface area contributed by atoms with Crippen molar-refractivity contribution in [2.24, 2.45) is 0 Å². The third kappa shape index (κ3) is 3.92. The number of nitrogens with two attached hydrogens (primary N) is 1. The summed E-state index contributed by atoms with van der Waals surface area (Å²) in [5, 5.41) is 12.6. The lowest BCUT2D eigenvalue weighted by Crippen LogP contribution is -2.13. The molecule has 0 atom stereocenters. The van der Waals surface area contributed by atoms with Crippen LogP contribution < -0.4 is 15.8 Å². The Hall–Kier alpha value is -1.86. The van der Waals surface area contributed by atoms with Gasteiger partial charge in [0.2, 0.25) is 5.13 Å². The molecular weight excluding hydrogens is 336 g/mol. The predicted octanol–water partition coefficient (Wildman–Crippen LogP) is 3.94.